The van der Waals surface area contributed by atoms with E-state index in [0.717, 1.165) is 12.8 Å². The van der Waals surface area contributed by atoms with Crippen LogP contribution in [0.25, 0.3) is 0 Å². The molecule has 4 rings (SSSR count). The maximum absolute atomic E-state index is 13.0. The average molecular weight is 312 g/mol. The minimum Gasteiger partial charge on any atom is -0.207 e. The molecule has 0 radical (unpaired) electrons. The average Bonchev–Trinajstić information content (AvgIpc) is 3.11. The lowest BCUT2D eigenvalue weighted by atomic mass is 9.82. The van der Waals surface area contributed by atoms with Gasteiger partial charge in [-0.15, -0.1) is 0 Å². The number of halogens is 1. The van der Waals surface area contributed by atoms with Crippen molar-refractivity contribution in [2.24, 2.45) is 11.8 Å². The van der Waals surface area contributed by atoms with Gasteiger partial charge in [-0.1, -0.05) is 30.2 Å². The third-order valence-electron chi connectivity index (χ3n) is 5.42. The van der Waals surface area contributed by atoms with Gasteiger partial charge in [-0.3, -0.25) is 0 Å². The van der Waals surface area contributed by atoms with Crippen molar-refractivity contribution in [3.8, 4) is 0 Å². The zero-order valence-corrected chi connectivity index (χ0v) is 12.8. The van der Waals surface area contributed by atoms with Crippen molar-refractivity contribution in [2.75, 3.05) is 0 Å². The Morgan fingerprint density at radius 1 is 1.00 bits per heavy atom. The highest BCUT2D eigenvalue weighted by molar-refractivity contribution is 7.89. The number of hydrogen-bond acceptors (Lipinski definition) is 2. The van der Waals surface area contributed by atoms with E-state index in [0.29, 0.717) is 16.9 Å². The number of nitrogens with zero attached hydrogens (tertiary/aromatic N) is 1. The highest BCUT2D eigenvalue weighted by Gasteiger charge is 2.58. The van der Waals surface area contributed by atoms with E-state index in [4.69, 9.17) is 11.6 Å². The van der Waals surface area contributed by atoms with Gasteiger partial charge in [-0.2, -0.15) is 4.31 Å². The molecule has 0 unspecified atom stereocenters. The Labute approximate surface area is 125 Å². The lowest BCUT2D eigenvalue weighted by molar-refractivity contribution is 0.330. The summed E-state index contributed by atoms with van der Waals surface area (Å²) in [6.45, 7) is 0. The summed E-state index contributed by atoms with van der Waals surface area (Å²) in [4.78, 5) is 0.276. The lowest BCUT2D eigenvalue weighted by Crippen LogP contribution is -2.37. The van der Waals surface area contributed by atoms with Crippen LogP contribution >= 0.6 is 11.6 Å². The van der Waals surface area contributed by atoms with Crippen molar-refractivity contribution in [3.63, 3.8) is 0 Å². The number of hydrogen-bond donors (Lipinski definition) is 0. The van der Waals surface area contributed by atoms with E-state index >= 15 is 0 Å². The van der Waals surface area contributed by atoms with E-state index in [-0.39, 0.29) is 17.0 Å². The Bertz CT molecular complexity index is 627. The van der Waals surface area contributed by atoms with Gasteiger partial charge in [0.1, 0.15) is 4.90 Å². The number of rotatable bonds is 2. The second-order valence-corrected chi connectivity index (χ2v) is 8.45. The molecule has 1 aromatic carbocycles. The molecule has 1 aliphatic carbocycles. The monoisotopic (exact) mass is 311 g/mol. The summed E-state index contributed by atoms with van der Waals surface area (Å²) >= 11 is 6.12. The lowest BCUT2D eigenvalue weighted by Gasteiger charge is -2.24. The van der Waals surface area contributed by atoms with E-state index in [1.807, 2.05) is 4.31 Å². The van der Waals surface area contributed by atoms with Crippen LogP contribution in [0.3, 0.4) is 0 Å². The van der Waals surface area contributed by atoms with E-state index in [1.54, 1.807) is 24.3 Å². The van der Waals surface area contributed by atoms with Crippen LogP contribution in [0, 0.1) is 11.8 Å². The van der Waals surface area contributed by atoms with Crippen LogP contribution in [0.15, 0.2) is 29.2 Å². The summed E-state index contributed by atoms with van der Waals surface area (Å²) in [5.74, 6) is 1.18. The molecule has 1 saturated carbocycles. The number of sulfonamides is 1. The molecule has 3 aliphatic rings. The number of fused-ring (bicyclic) bond motifs is 5. The van der Waals surface area contributed by atoms with Crippen LogP contribution < -0.4 is 0 Å². The molecular formula is C15H18ClNO2S. The maximum Gasteiger partial charge on any atom is 0.245 e. The topological polar surface area (TPSA) is 37.4 Å². The first kappa shape index (κ1) is 13.1. The predicted molar refractivity (Wildman–Crippen MR) is 78.1 cm³/mol. The fourth-order valence-corrected chi connectivity index (χ4v) is 7.20. The normalized spacial score (nSPS) is 36.5. The van der Waals surface area contributed by atoms with Gasteiger partial charge in [0.15, 0.2) is 0 Å². The third kappa shape index (κ3) is 1.65. The minimum absolute atomic E-state index is 0.216. The summed E-state index contributed by atoms with van der Waals surface area (Å²) in [7, 11) is -3.45. The van der Waals surface area contributed by atoms with Gasteiger partial charge in [0.25, 0.3) is 0 Å². The zero-order chi connectivity index (χ0) is 13.9. The quantitative estimate of drug-likeness (QED) is 0.840. The number of benzene rings is 1. The maximum atomic E-state index is 13.0. The molecule has 4 atom stereocenters. The molecule has 2 bridgehead atoms. The van der Waals surface area contributed by atoms with Gasteiger partial charge in [0.2, 0.25) is 10.0 Å². The fourth-order valence-electron chi connectivity index (χ4n) is 4.74. The molecular weight excluding hydrogens is 294 g/mol. The molecule has 108 valence electrons. The third-order valence-corrected chi connectivity index (χ3v) is 7.87. The highest BCUT2D eigenvalue weighted by atomic mass is 35.5. The van der Waals surface area contributed by atoms with Crippen LogP contribution in [0.5, 0.6) is 0 Å². The van der Waals surface area contributed by atoms with Gasteiger partial charge in [0.05, 0.1) is 5.02 Å². The first-order valence-electron chi connectivity index (χ1n) is 7.39. The standard InChI is InChI=1S/C15H18ClNO2S/c16-12-6-1-2-7-15(12)20(18,19)17-13-8-9-14(17)11-5-3-4-10(11)13/h1-2,6-7,10-11,13-14H,3-5,8-9H2/t10-,11+,13-,14+. The first-order valence-corrected chi connectivity index (χ1v) is 9.20. The summed E-state index contributed by atoms with van der Waals surface area (Å²) in [5.41, 5.74) is 0. The second-order valence-electron chi connectivity index (χ2n) is 6.24. The molecule has 0 aromatic heterocycles. The highest BCUT2D eigenvalue weighted by Crippen LogP contribution is 2.55. The van der Waals surface area contributed by atoms with Crippen molar-refractivity contribution >= 4 is 21.6 Å². The fraction of sp³-hybridized carbons (Fsp3) is 0.600. The van der Waals surface area contributed by atoms with Gasteiger partial charge >= 0.3 is 0 Å². The summed E-state index contributed by atoms with van der Waals surface area (Å²) in [5, 5.41) is 0.337. The Balaban J connectivity index is 1.77. The molecule has 20 heavy (non-hydrogen) atoms. The summed E-state index contributed by atoms with van der Waals surface area (Å²) in [6, 6.07) is 7.24. The zero-order valence-electron chi connectivity index (χ0n) is 11.2. The molecule has 2 aliphatic heterocycles. The van der Waals surface area contributed by atoms with Crippen molar-refractivity contribution in [1.29, 1.82) is 0 Å². The van der Waals surface area contributed by atoms with Crippen molar-refractivity contribution in [3.05, 3.63) is 29.3 Å². The van der Waals surface area contributed by atoms with E-state index in [1.165, 1.54) is 19.3 Å². The Hall–Kier alpha value is -0.580. The first-order chi connectivity index (χ1) is 9.60. The van der Waals surface area contributed by atoms with Crippen LogP contribution in [-0.2, 0) is 10.0 Å². The van der Waals surface area contributed by atoms with E-state index < -0.39 is 10.0 Å². The smallest absolute Gasteiger partial charge is 0.207 e. The Morgan fingerprint density at radius 3 is 2.20 bits per heavy atom. The van der Waals surface area contributed by atoms with Crippen LogP contribution in [-0.4, -0.2) is 24.8 Å². The van der Waals surface area contributed by atoms with E-state index in [9.17, 15) is 8.42 Å². The molecule has 0 amide bonds. The van der Waals surface area contributed by atoms with Crippen LogP contribution in [0.1, 0.15) is 32.1 Å². The van der Waals surface area contributed by atoms with Crippen molar-refractivity contribution in [2.45, 2.75) is 49.1 Å². The molecule has 2 heterocycles. The second kappa shape index (κ2) is 4.46. The van der Waals surface area contributed by atoms with Crippen LogP contribution in [0.2, 0.25) is 5.02 Å². The molecule has 3 nitrogen and oxygen atoms in total. The van der Waals surface area contributed by atoms with Gasteiger partial charge in [-0.25, -0.2) is 8.42 Å². The summed E-state index contributed by atoms with van der Waals surface area (Å²) < 4.78 is 27.8. The van der Waals surface area contributed by atoms with Gasteiger partial charge in [0, 0.05) is 12.1 Å². The molecule has 1 aromatic rings. The molecule has 5 heteroatoms. The van der Waals surface area contributed by atoms with Crippen molar-refractivity contribution in [1.82, 2.24) is 4.31 Å². The molecule has 0 N–H and O–H groups in total. The Morgan fingerprint density at radius 2 is 1.60 bits per heavy atom. The van der Waals surface area contributed by atoms with Crippen LogP contribution in [0.4, 0.5) is 0 Å². The minimum atomic E-state index is -3.45. The predicted octanol–water partition coefficient (Wildman–Crippen LogP) is 3.29. The molecule has 2 saturated heterocycles. The summed E-state index contributed by atoms with van der Waals surface area (Å²) in [6.07, 6.45) is 5.70. The SMILES string of the molecule is O=S(=O)(c1ccccc1Cl)N1[C@@H]2CC[C@H]1[C@H]1CCC[C@H]12. The van der Waals surface area contributed by atoms with Crippen molar-refractivity contribution < 1.29 is 8.42 Å². The van der Waals surface area contributed by atoms with Gasteiger partial charge in [-0.05, 0) is 49.7 Å². The van der Waals surface area contributed by atoms with E-state index in [2.05, 4.69) is 0 Å². The Kier molecular flexibility index (Phi) is 2.92. The molecule has 0 spiro atoms. The largest absolute Gasteiger partial charge is 0.245 e. The van der Waals surface area contributed by atoms with Gasteiger partial charge < -0.3 is 0 Å². The molecule has 3 fully saturated rings.